The van der Waals surface area contributed by atoms with E-state index in [0.717, 1.165) is 0 Å². The molecule has 0 unspecified atom stereocenters. The molecule has 7 nitrogen and oxygen atoms in total. The molecule has 7 heteroatoms. The average Bonchev–Trinajstić information content (AvgIpc) is 2.59. The lowest BCUT2D eigenvalue weighted by molar-refractivity contribution is -0.153. The van der Waals surface area contributed by atoms with Crippen molar-refractivity contribution >= 4 is 17.8 Å². The summed E-state index contributed by atoms with van der Waals surface area (Å²) in [7, 11) is 4.28. The van der Waals surface area contributed by atoms with E-state index < -0.39 is 12.0 Å². The van der Waals surface area contributed by atoms with Gasteiger partial charge >= 0.3 is 5.97 Å². The molecule has 130 valence electrons. The second-order valence-corrected chi connectivity index (χ2v) is 5.42. The summed E-state index contributed by atoms with van der Waals surface area (Å²) in [6.45, 7) is 0. The summed E-state index contributed by atoms with van der Waals surface area (Å²) < 4.78 is 15.2. The number of carbonyl (C=O) groups excluding carboxylic acids is 3. The van der Waals surface area contributed by atoms with Gasteiger partial charge in [0.2, 0.25) is 11.8 Å². The molecule has 1 fully saturated rings. The quantitative estimate of drug-likeness (QED) is 0.583. The van der Waals surface area contributed by atoms with Crippen molar-refractivity contribution in [2.75, 3.05) is 21.3 Å². The average molecular weight is 335 g/mol. The van der Waals surface area contributed by atoms with Gasteiger partial charge in [0.05, 0.1) is 33.8 Å². The Kier molecular flexibility index (Phi) is 5.78. The van der Waals surface area contributed by atoms with E-state index in [4.69, 9.17) is 14.2 Å². The molecular weight excluding hydrogens is 314 g/mol. The Morgan fingerprint density at radius 3 is 2.25 bits per heavy atom. The fourth-order valence-corrected chi connectivity index (χ4v) is 2.78. The zero-order valence-corrected chi connectivity index (χ0v) is 14.0. The zero-order chi connectivity index (χ0) is 17.7. The first-order valence-electron chi connectivity index (χ1n) is 7.65. The number of methoxy groups -OCH3 is 3. The van der Waals surface area contributed by atoms with Crippen LogP contribution in [0, 0.1) is 0 Å². The van der Waals surface area contributed by atoms with Crippen molar-refractivity contribution in [2.24, 2.45) is 0 Å². The number of ether oxygens (including phenoxy) is 3. The predicted molar refractivity (Wildman–Crippen MR) is 84.6 cm³/mol. The van der Waals surface area contributed by atoms with Gasteiger partial charge in [0.15, 0.2) is 11.5 Å². The smallest absolute Gasteiger partial charge is 0.307 e. The highest BCUT2D eigenvalue weighted by molar-refractivity contribution is 5.98. The van der Waals surface area contributed by atoms with Crippen LogP contribution in [0.1, 0.15) is 37.3 Å². The Morgan fingerprint density at radius 2 is 1.71 bits per heavy atom. The standard InChI is InChI=1S/C17H21NO6/c1-22-13-8-7-11(9-14(13)23-2)12(10-17(21)24-3)18-15(19)5-4-6-16(18)20/h7-9,12H,4-6,10H2,1-3H3/t12-/m0/s1. The second kappa shape index (κ2) is 7.81. The van der Waals surface area contributed by atoms with E-state index in [1.54, 1.807) is 18.2 Å². The summed E-state index contributed by atoms with van der Waals surface area (Å²) in [5, 5.41) is 0. The number of hydrogen-bond donors (Lipinski definition) is 0. The molecule has 0 radical (unpaired) electrons. The van der Waals surface area contributed by atoms with Gasteiger partial charge in [-0.25, -0.2) is 0 Å². The van der Waals surface area contributed by atoms with E-state index in [1.807, 2.05) is 0 Å². The third-order valence-corrected chi connectivity index (χ3v) is 4.01. The Hall–Kier alpha value is -2.57. The van der Waals surface area contributed by atoms with Crippen molar-refractivity contribution < 1.29 is 28.6 Å². The van der Waals surface area contributed by atoms with Crippen LogP contribution in [0.25, 0.3) is 0 Å². The summed E-state index contributed by atoms with van der Waals surface area (Å²) >= 11 is 0. The summed E-state index contributed by atoms with van der Waals surface area (Å²) in [5.41, 5.74) is 0.613. The molecule has 1 aromatic carbocycles. The number of hydrogen-bond acceptors (Lipinski definition) is 6. The fraction of sp³-hybridized carbons (Fsp3) is 0.471. The zero-order valence-electron chi connectivity index (χ0n) is 14.0. The number of benzene rings is 1. The Bertz CT molecular complexity index is 626. The summed E-state index contributed by atoms with van der Waals surface area (Å²) in [6, 6.07) is 4.33. The highest BCUT2D eigenvalue weighted by Gasteiger charge is 2.35. The molecule has 0 aliphatic carbocycles. The highest BCUT2D eigenvalue weighted by atomic mass is 16.5. The fourth-order valence-electron chi connectivity index (χ4n) is 2.78. The molecule has 1 aliphatic heterocycles. The number of imide groups is 1. The normalized spacial score (nSPS) is 15.9. The minimum Gasteiger partial charge on any atom is -0.493 e. The summed E-state index contributed by atoms with van der Waals surface area (Å²) in [5.74, 6) is -0.0815. The van der Waals surface area contributed by atoms with Gasteiger partial charge in [-0.3, -0.25) is 19.3 Å². The molecular formula is C17H21NO6. The molecule has 0 N–H and O–H groups in total. The molecule has 2 rings (SSSR count). The van der Waals surface area contributed by atoms with Crippen LogP contribution in [-0.4, -0.2) is 44.0 Å². The predicted octanol–water partition coefficient (Wildman–Crippen LogP) is 1.85. The van der Waals surface area contributed by atoms with E-state index in [-0.39, 0.29) is 31.1 Å². The van der Waals surface area contributed by atoms with Crippen molar-refractivity contribution in [3.8, 4) is 11.5 Å². The molecule has 1 heterocycles. The first kappa shape index (κ1) is 17.8. The maximum Gasteiger partial charge on any atom is 0.307 e. The highest BCUT2D eigenvalue weighted by Crippen LogP contribution is 2.35. The SMILES string of the molecule is COC(=O)C[C@@H](c1ccc(OC)c(OC)c1)N1C(=O)CCCC1=O. The molecule has 24 heavy (non-hydrogen) atoms. The van der Waals surface area contributed by atoms with Gasteiger partial charge in [0.1, 0.15) is 0 Å². The Labute approximate surface area is 140 Å². The maximum atomic E-state index is 12.3. The Morgan fingerprint density at radius 1 is 1.08 bits per heavy atom. The van der Waals surface area contributed by atoms with Gasteiger partial charge in [0.25, 0.3) is 0 Å². The van der Waals surface area contributed by atoms with Crippen LogP contribution in [0.4, 0.5) is 0 Å². The van der Waals surface area contributed by atoms with Crippen LogP contribution in [0.15, 0.2) is 18.2 Å². The lowest BCUT2D eigenvalue weighted by atomic mass is 9.97. The molecule has 0 saturated carbocycles. The first-order valence-corrected chi connectivity index (χ1v) is 7.65. The van der Waals surface area contributed by atoms with E-state index in [1.165, 1.54) is 26.2 Å². The summed E-state index contributed by atoms with van der Waals surface area (Å²) in [4.78, 5) is 37.5. The maximum absolute atomic E-state index is 12.3. The molecule has 0 bridgehead atoms. The molecule has 0 spiro atoms. The first-order chi connectivity index (χ1) is 11.5. The minimum absolute atomic E-state index is 0.108. The lowest BCUT2D eigenvalue weighted by Crippen LogP contribution is -2.43. The molecule has 1 saturated heterocycles. The second-order valence-electron chi connectivity index (χ2n) is 5.42. The number of rotatable bonds is 6. The van der Waals surface area contributed by atoms with Crippen LogP contribution < -0.4 is 9.47 Å². The van der Waals surface area contributed by atoms with Gasteiger partial charge in [-0.1, -0.05) is 6.07 Å². The monoisotopic (exact) mass is 335 g/mol. The largest absolute Gasteiger partial charge is 0.493 e. The van der Waals surface area contributed by atoms with Gasteiger partial charge in [-0.05, 0) is 24.1 Å². The van der Waals surface area contributed by atoms with E-state index >= 15 is 0 Å². The van der Waals surface area contributed by atoms with Crippen LogP contribution in [-0.2, 0) is 19.1 Å². The van der Waals surface area contributed by atoms with E-state index in [0.29, 0.717) is 23.5 Å². The van der Waals surface area contributed by atoms with E-state index in [9.17, 15) is 14.4 Å². The van der Waals surface area contributed by atoms with Gasteiger partial charge < -0.3 is 14.2 Å². The molecule has 1 aromatic rings. The molecule has 0 aromatic heterocycles. The number of nitrogens with zero attached hydrogens (tertiary/aromatic N) is 1. The molecule has 1 atom stereocenters. The number of piperidine rings is 1. The summed E-state index contributed by atoms with van der Waals surface area (Å²) in [6.07, 6.45) is 1.00. The lowest BCUT2D eigenvalue weighted by Gasteiger charge is -2.33. The molecule has 1 aliphatic rings. The third kappa shape index (κ3) is 3.67. The van der Waals surface area contributed by atoms with Crippen molar-refractivity contribution in [1.29, 1.82) is 0 Å². The Balaban J connectivity index is 2.44. The van der Waals surface area contributed by atoms with Gasteiger partial charge in [0, 0.05) is 12.8 Å². The van der Waals surface area contributed by atoms with Crippen LogP contribution in [0.3, 0.4) is 0 Å². The topological polar surface area (TPSA) is 82.1 Å². The van der Waals surface area contributed by atoms with E-state index in [2.05, 4.69) is 0 Å². The van der Waals surface area contributed by atoms with Crippen molar-refractivity contribution in [3.05, 3.63) is 23.8 Å². The van der Waals surface area contributed by atoms with Crippen molar-refractivity contribution in [1.82, 2.24) is 4.90 Å². The number of carbonyl (C=O) groups is 3. The van der Waals surface area contributed by atoms with Gasteiger partial charge in [-0.2, -0.15) is 0 Å². The van der Waals surface area contributed by atoms with Crippen LogP contribution in [0.2, 0.25) is 0 Å². The van der Waals surface area contributed by atoms with Crippen molar-refractivity contribution in [2.45, 2.75) is 31.7 Å². The minimum atomic E-state index is -0.724. The van der Waals surface area contributed by atoms with Crippen LogP contribution >= 0.6 is 0 Å². The van der Waals surface area contributed by atoms with Gasteiger partial charge in [-0.15, -0.1) is 0 Å². The number of esters is 1. The molecule has 2 amide bonds. The number of likely N-dealkylation sites (tertiary alicyclic amines) is 1. The third-order valence-electron chi connectivity index (χ3n) is 4.01. The number of amides is 2. The van der Waals surface area contributed by atoms with Crippen LogP contribution in [0.5, 0.6) is 11.5 Å². The van der Waals surface area contributed by atoms with Crippen molar-refractivity contribution in [3.63, 3.8) is 0 Å².